The topological polar surface area (TPSA) is 82.2 Å². The van der Waals surface area contributed by atoms with Crippen molar-refractivity contribution in [2.24, 2.45) is 0 Å². The van der Waals surface area contributed by atoms with E-state index in [-0.39, 0.29) is 25.0 Å². The third-order valence-corrected chi connectivity index (χ3v) is 6.40. The number of rotatable bonds is 5. The van der Waals surface area contributed by atoms with Gasteiger partial charge in [0.15, 0.2) is 5.65 Å². The normalized spacial score (nSPS) is 20.8. The minimum Gasteiger partial charge on any atom is -0.376 e. The Morgan fingerprint density at radius 2 is 2.09 bits per heavy atom. The molecule has 166 valence electrons. The molecule has 0 aromatic carbocycles. The molecule has 5 heterocycles. The van der Waals surface area contributed by atoms with E-state index in [1.165, 1.54) is 0 Å². The number of fused-ring (bicyclic) bond motifs is 2. The lowest BCUT2D eigenvalue weighted by molar-refractivity contribution is -0.103. The van der Waals surface area contributed by atoms with Gasteiger partial charge in [-0.15, -0.1) is 5.10 Å². The van der Waals surface area contributed by atoms with Crippen LogP contribution in [-0.2, 0) is 4.74 Å². The molecule has 0 amide bonds. The first-order valence-corrected chi connectivity index (χ1v) is 10.9. The molecule has 0 spiro atoms. The van der Waals surface area contributed by atoms with Crippen molar-refractivity contribution in [1.82, 2.24) is 29.1 Å². The van der Waals surface area contributed by atoms with Crippen LogP contribution in [0.2, 0.25) is 0 Å². The van der Waals surface area contributed by atoms with Gasteiger partial charge in [0.05, 0.1) is 23.3 Å². The van der Waals surface area contributed by atoms with Crippen LogP contribution in [0, 0.1) is 6.92 Å². The van der Waals surface area contributed by atoms with E-state index in [4.69, 9.17) is 4.74 Å². The smallest absolute Gasteiger partial charge is 0.252 e. The molecule has 2 aliphatic rings. The van der Waals surface area contributed by atoms with Gasteiger partial charge in [0, 0.05) is 55.6 Å². The molecular weight excluding hydrogens is 416 g/mol. The largest absolute Gasteiger partial charge is 0.376 e. The number of anilines is 1. The van der Waals surface area contributed by atoms with Crippen LogP contribution in [0.3, 0.4) is 0 Å². The van der Waals surface area contributed by atoms with E-state index >= 15 is 0 Å². The van der Waals surface area contributed by atoms with Crippen LogP contribution in [0.1, 0.15) is 37.5 Å². The summed E-state index contributed by atoms with van der Waals surface area (Å²) < 4.78 is 36.3. The molecule has 8 nitrogen and oxygen atoms in total. The Morgan fingerprint density at radius 3 is 2.88 bits per heavy atom. The van der Waals surface area contributed by atoms with E-state index in [1.807, 2.05) is 29.8 Å². The lowest BCUT2D eigenvalue weighted by Crippen LogP contribution is -2.37. The highest BCUT2D eigenvalue weighted by Crippen LogP contribution is 2.47. The third-order valence-electron chi connectivity index (χ3n) is 6.40. The van der Waals surface area contributed by atoms with Crippen LogP contribution in [0.25, 0.3) is 27.8 Å². The van der Waals surface area contributed by atoms with E-state index in [1.54, 1.807) is 16.9 Å². The first-order chi connectivity index (χ1) is 15.5. The van der Waals surface area contributed by atoms with Gasteiger partial charge in [0.2, 0.25) is 5.95 Å². The lowest BCUT2D eigenvalue weighted by atomic mass is 9.87. The molecule has 10 heteroatoms. The molecule has 4 aromatic rings. The van der Waals surface area contributed by atoms with Gasteiger partial charge in [-0.05, 0) is 31.9 Å². The highest BCUT2D eigenvalue weighted by molar-refractivity contribution is 5.85. The summed E-state index contributed by atoms with van der Waals surface area (Å²) in [7, 11) is 0. The number of hydrogen-bond donors (Lipinski definition) is 1. The maximum atomic E-state index is 13.5. The van der Waals surface area contributed by atoms with Gasteiger partial charge < -0.3 is 14.6 Å². The van der Waals surface area contributed by atoms with Crippen LogP contribution >= 0.6 is 0 Å². The summed E-state index contributed by atoms with van der Waals surface area (Å²) in [4.78, 5) is 13.4. The van der Waals surface area contributed by atoms with Crippen LogP contribution in [0.5, 0.6) is 0 Å². The fraction of sp³-hybridized carbons (Fsp3) is 0.455. The van der Waals surface area contributed by atoms with Crippen LogP contribution in [0.15, 0.2) is 30.7 Å². The predicted molar refractivity (Wildman–Crippen MR) is 115 cm³/mol. The molecule has 1 unspecified atom stereocenters. The van der Waals surface area contributed by atoms with Gasteiger partial charge in [-0.2, -0.15) is 0 Å². The Morgan fingerprint density at radius 1 is 1.22 bits per heavy atom. The number of imidazole rings is 1. The van der Waals surface area contributed by atoms with Crippen molar-refractivity contribution in [3.63, 3.8) is 0 Å². The lowest BCUT2D eigenvalue weighted by Gasteiger charge is -2.36. The van der Waals surface area contributed by atoms with Crippen molar-refractivity contribution in [3.8, 4) is 11.1 Å². The van der Waals surface area contributed by atoms with Crippen LogP contribution in [-0.4, -0.2) is 54.3 Å². The Labute approximate surface area is 182 Å². The zero-order valence-electron chi connectivity index (χ0n) is 17.6. The molecule has 0 bridgehead atoms. The molecule has 1 N–H and O–H groups in total. The first kappa shape index (κ1) is 19.5. The average molecular weight is 439 g/mol. The van der Waals surface area contributed by atoms with Crippen molar-refractivity contribution in [2.45, 2.75) is 50.7 Å². The van der Waals surface area contributed by atoms with Gasteiger partial charge in [-0.25, -0.2) is 28.2 Å². The standard InChI is InChI=1S/C22H23F2N7O/c1-13-28-20-18(31(13)15-8-22(23,24)9-15)7-14(10-25-20)17-4-5-30-19(17)12-27-21(29-30)26-11-16-3-2-6-32-16/h4-5,7,10,12,15-16H,2-3,6,8-9,11H2,1H3,(H,26,29). The summed E-state index contributed by atoms with van der Waals surface area (Å²) in [6.07, 6.45) is 7.44. The Balaban J connectivity index is 1.31. The van der Waals surface area contributed by atoms with Gasteiger partial charge in [0.1, 0.15) is 5.82 Å². The molecular formula is C22H23F2N7O. The molecule has 32 heavy (non-hydrogen) atoms. The van der Waals surface area contributed by atoms with Gasteiger partial charge in [-0.1, -0.05) is 0 Å². The summed E-state index contributed by atoms with van der Waals surface area (Å²) in [6.45, 7) is 3.33. The van der Waals surface area contributed by atoms with Crippen LogP contribution in [0.4, 0.5) is 14.7 Å². The summed E-state index contributed by atoms with van der Waals surface area (Å²) in [6, 6.07) is 3.68. The second kappa shape index (κ2) is 7.19. The molecule has 4 aromatic heterocycles. The molecule has 6 rings (SSSR count). The highest BCUT2D eigenvalue weighted by atomic mass is 19.3. The molecule has 1 aliphatic carbocycles. The van der Waals surface area contributed by atoms with E-state index < -0.39 is 5.92 Å². The molecule has 1 saturated heterocycles. The highest BCUT2D eigenvalue weighted by Gasteiger charge is 2.47. The number of halogens is 2. The van der Waals surface area contributed by atoms with Gasteiger partial charge in [-0.3, -0.25) is 0 Å². The van der Waals surface area contributed by atoms with Gasteiger partial charge in [0.25, 0.3) is 5.92 Å². The zero-order chi connectivity index (χ0) is 21.9. The second-order valence-electron chi connectivity index (χ2n) is 8.67. The van der Waals surface area contributed by atoms with Crippen molar-refractivity contribution < 1.29 is 13.5 Å². The summed E-state index contributed by atoms with van der Waals surface area (Å²) in [5.41, 5.74) is 3.98. The quantitative estimate of drug-likeness (QED) is 0.506. The Hall–Kier alpha value is -3.14. The fourth-order valence-corrected chi connectivity index (χ4v) is 4.75. The number of pyridine rings is 1. The molecule has 0 radical (unpaired) electrons. The van der Waals surface area contributed by atoms with E-state index in [0.717, 1.165) is 41.6 Å². The number of aromatic nitrogens is 6. The van der Waals surface area contributed by atoms with E-state index in [9.17, 15) is 8.78 Å². The number of nitrogens with zero attached hydrogens (tertiary/aromatic N) is 6. The maximum absolute atomic E-state index is 13.5. The number of nitrogens with one attached hydrogen (secondary N) is 1. The Bertz CT molecular complexity index is 1300. The summed E-state index contributed by atoms with van der Waals surface area (Å²) in [5, 5.41) is 7.79. The van der Waals surface area contributed by atoms with Gasteiger partial charge >= 0.3 is 0 Å². The number of aryl methyl sites for hydroxylation is 1. The Kier molecular flexibility index (Phi) is 4.39. The monoisotopic (exact) mass is 439 g/mol. The third kappa shape index (κ3) is 3.29. The number of ether oxygens (including phenoxy) is 1. The maximum Gasteiger partial charge on any atom is 0.252 e. The molecule has 1 atom stereocenters. The molecule has 1 aliphatic heterocycles. The zero-order valence-corrected chi connectivity index (χ0v) is 17.6. The summed E-state index contributed by atoms with van der Waals surface area (Å²) >= 11 is 0. The second-order valence-corrected chi connectivity index (χ2v) is 8.67. The van der Waals surface area contributed by atoms with Crippen molar-refractivity contribution >= 4 is 22.6 Å². The fourth-order valence-electron chi connectivity index (χ4n) is 4.75. The van der Waals surface area contributed by atoms with Crippen molar-refractivity contribution in [1.29, 1.82) is 0 Å². The van der Waals surface area contributed by atoms with E-state index in [0.29, 0.717) is 24.0 Å². The van der Waals surface area contributed by atoms with E-state index in [2.05, 4.69) is 25.4 Å². The predicted octanol–water partition coefficient (Wildman–Crippen LogP) is 4.01. The molecule has 1 saturated carbocycles. The number of hydrogen-bond acceptors (Lipinski definition) is 6. The minimum atomic E-state index is -2.59. The first-order valence-electron chi connectivity index (χ1n) is 10.9. The SMILES string of the molecule is Cc1nc2ncc(-c3ccn4nc(NCC5CCCO5)ncc34)cc2n1C1CC(F)(F)C1. The minimum absolute atomic E-state index is 0.159. The van der Waals surface area contributed by atoms with Crippen molar-refractivity contribution in [3.05, 3.63) is 36.5 Å². The van der Waals surface area contributed by atoms with Crippen LogP contribution < -0.4 is 5.32 Å². The average Bonchev–Trinajstić information content (AvgIpc) is 3.47. The number of alkyl halides is 2. The summed E-state index contributed by atoms with van der Waals surface area (Å²) in [5.74, 6) is -1.34. The molecule has 2 fully saturated rings. The van der Waals surface area contributed by atoms with Crippen molar-refractivity contribution in [2.75, 3.05) is 18.5 Å².